The predicted molar refractivity (Wildman–Crippen MR) is 62.6 cm³/mol. The Hall–Kier alpha value is -0.890. The summed E-state index contributed by atoms with van der Waals surface area (Å²) in [6, 6.07) is 7.18. The van der Waals surface area contributed by atoms with Gasteiger partial charge in [0, 0.05) is 18.3 Å². The number of rotatable bonds is 3. The topological polar surface area (TPSA) is 24.9 Å². The van der Waals surface area contributed by atoms with Crippen molar-refractivity contribution in [2.75, 3.05) is 0 Å². The summed E-state index contributed by atoms with van der Waals surface area (Å²) in [5.41, 5.74) is 1.15. The fourth-order valence-corrected chi connectivity index (χ4v) is 2.43. The highest BCUT2D eigenvalue weighted by Crippen LogP contribution is 2.26. The SMILES string of the molecule is C[C@@H]1CC[C@@H](N[C@@H](C)c2ccccn2)C1. The van der Waals surface area contributed by atoms with Crippen LogP contribution in [0.1, 0.15) is 44.8 Å². The van der Waals surface area contributed by atoms with E-state index in [1.807, 2.05) is 12.3 Å². The summed E-state index contributed by atoms with van der Waals surface area (Å²) in [5, 5.41) is 3.66. The van der Waals surface area contributed by atoms with Crippen LogP contribution >= 0.6 is 0 Å². The van der Waals surface area contributed by atoms with Gasteiger partial charge in [0.05, 0.1) is 5.69 Å². The van der Waals surface area contributed by atoms with Crippen LogP contribution in [0.25, 0.3) is 0 Å². The fraction of sp³-hybridized carbons (Fsp3) is 0.615. The molecule has 0 radical (unpaired) electrons. The van der Waals surface area contributed by atoms with Gasteiger partial charge in [0.15, 0.2) is 0 Å². The van der Waals surface area contributed by atoms with E-state index < -0.39 is 0 Å². The first-order valence-electron chi connectivity index (χ1n) is 5.92. The van der Waals surface area contributed by atoms with Gasteiger partial charge in [-0.2, -0.15) is 0 Å². The minimum atomic E-state index is 0.376. The van der Waals surface area contributed by atoms with Crippen LogP contribution in [0.2, 0.25) is 0 Å². The molecule has 2 heteroatoms. The smallest absolute Gasteiger partial charge is 0.0570 e. The predicted octanol–water partition coefficient (Wildman–Crippen LogP) is 2.92. The Morgan fingerprint density at radius 1 is 1.40 bits per heavy atom. The average molecular weight is 204 g/mol. The molecule has 0 amide bonds. The highest BCUT2D eigenvalue weighted by atomic mass is 15.0. The molecule has 1 fully saturated rings. The van der Waals surface area contributed by atoms with Gasteiger partial charge in [0.2, 0.25) is 0 Å². The van der Waals surface area contributed by atoms with Crippen LogP contribution in [-0.2, 0) is 0 Å². The molecule has 1 aromatic rings. The lowest BCUT2D eigenvalue weighted by atomic mass is 10.1. The highest BCUT2D eigenvalue weighted by molar-refractivity contribution is 5.08. The van der Waals surface area contributed by atoms with Crippen LogP contribution in [0.5, 0.6) is 0 Å². The first kappa shape index (κ1) is 10.6. The molecule has 0 spiro atoms. The van der Waals surface area contributed by atoms with Gasteiger partial charge >= 0.3 is 0 Å². The Morgan fingerprint density at radius 3 is 2.87 bits per heavy atom. The molecule has 0 aliphatic heterocycles. The number of hydrogen-bond acceptors (Lipinski definition) is 2. The lowest BCUT2D eigenvalue weighted by Gasteiger charge is -2.18. The zero-order chi connectivity index (χ0) is 10.7. The van der Waals surface area contributed by atoms with E-state index in [1.54, 1.807) is 0 Å². The monoisotopic (exact) mass is 204 g/mol. The molecule has 2 rings (SSSR count). The third-order valence-corrected chi connectivity index (χ3v) is 3.31. The van der Waals surface area contributed by atoms with E-state index in [0.717, 1.165) is 11.6 Å². The maximum absolute atomic E-state index is 4.38. The van der Waals surface area contributed by atoms with Crippen LogP contribution in [0, 0.1) is 5.92 Å². The van der Waals surface area contributed by atoms with E-state index in [0.29, 0.717) is 12.1 Å². The molecule has 0 saturated heterocycles. The molecule has 1 aliphatic rings. The van der Waals surface area contributed by atoms with Gasteiger partial charge in [0.25, 0.3) is 0 Å². The summed E-state index contributed by atoms with van der Waals surface area (Å²) in [7, 11) is 0. The van der Waals surface area contributed by atoms with Crippen molar-refractivity contribution in [2.45, 2.75) is 45.2 Å². The average Bonchev–Trinajstić information content (AvgIpc) is 2.65. The van der Waals surface area contributed by atoms with E-state index in [-0.39, 0.29) is 0 Å². The Bertz CT molecular complexity index is 297. The third kappa shape index (κ3) is 2.78. The summed E-state index contributed by atoms with van der Waals surface area (Å²) in [6.45, 7) is 4.54. The van der Waals surface area contributed by atoms with E-state index in [4.69, 9.17) is 0 Å². The second-order valence-corrected chi connectivity index (χ2v) is 4.76. The van der Waals surface area contributed by atoms with Crippen LogP contribution < -0.4 is 5.32 Å². The van der Waals surface area contributed by atoms with Gasteiger partial charge in [-0.05, 0) is 44.2 Å². The van der Waals surface area contributed by atoms with Gasteiger partial charge in [0.1, 0.15) is 0 Å². The summed E-state index contributed by atoms with van der Waals surface area (Å²) in [4.78, 5) is 4.38. The Kier molecular flexibility index (Phi) is 3.37. The molecule has 1 aliphatic carbocycles. The summed E-state index contributed by atoms with van der Waals surface area (Å²) in [5.74, 6) is 0.887. The largest absolute Gasteiger partial charge is 0.306 e. The molecular formula is C13H20N2. The van der Waals surface area contributed by atoms with Gasteiger partial charge in [-0.15, -0.1) is 0 Å². The Balaban J connectivity index is 1.90. The fourth-order valence-electron chi connectivity index (χ4n) is 2.43. The van der Waals surface area contributed by atoms with Crippen molar-refractivity contribution in [3.05, 3.63) is 30.1 Å². The second kappa shape index (κ2) is 4.75. The van der Waals surface area contributed by atoms with Crippen molar-refractivity contribution < 1.29 is 0 Å². The maximum atomic E-state index is 4.38. The lowest BCUT2D eigenvalue weighted by molar-refractivity contribution is 0.443. The zero-order valence-corrected chi connectivity index (χ0v) is 9.61. The van der Waals surface area contributed by atoms with E-state index >= 15 is 0 Å². The minimum Gasteiger partial charge on any atom is -0.306 e. The lowest BCUT2D eigenvalue weighted by Crippen LogP contribution is -2.29. The van der Waals surface area contributed by atoms with Crippen LogP contribution in [-0.4, -0.2) is 11.0 Å². The van der Waals surface area contributed by atoms with E-state index in [9.17, 15) is 0 Å². The molecule has 1 saturated carbocycles. The number of pyridine rings is 1. The molecule has 15 heavy (non-hydrogen) atoms. The molecule has 1 N–H and O–H groups in total. The first-order valence-corrected chi connectivity index (χ1v) is 5.92. The van der Waals surface area contributed by atoms with Gasteiger partial charge in [-0.25, -0.2) is 0 Å². The summed E-state index contributed by atoms with van der Waals surface area (Å²) < 4.78 is 0. The van der Waals surface area contributed by atoms with Crippen molar-refractivity contribution in [1.82, 2.24) is 10.3 Å². The molecule has 82 valence electrons. The molecule has 0 unspecified atom stereocenters. The van der Waals surface area contributed by atoms with Crippen molar-refractivity contribution in [3.63, 3.8) is 0 Å². The van der Waals surface area contributed by atoms with Crippen molar-refractivity contribution in [2.24, 2.45) is 5.92 Å². The zero-order valence-electron chi connectivity index (χ0n) is 9.61. The standard InChI is InChI=1S/C13H20N2/c1-10-6-7-12(9-10)15-11(2)13-5-3-4-8-14-13/h3-5,8,10-12,15H,6-7,9H2,1-2H3/t10-,11+,12-/m1/s1. The highest BCUT2D eigenvalue weighted by Gasteiger charge is 2.22. The molecule has 3 atom stereocenters. The Morgan fingerprint density at radius 2 is 2.27 bits per heavy atom. The third-order valence-electron chi connectivity index (χ3n) is 3.31. The van der Waals surface area contributed by atoms with Gasteiger partial charge in [-0.3, -0.25) is 4.98 Å². The summed E-state index contributed by atoms with van der Waals surface area (Å²) >= 11 is 0. The molecule has 2 nitrogen and oxygen atoms in total. The van der Waals surface area contributed by atoms with Gasteiger partial charge < -0.3 is 5.32 Å². The molecule has 0 bridgehead atoms. The number of hydrogen-bond donors (Lipinski definition) is 1. The van der Waals surface area contributed by atoms with Crippen molar-refractivity contribution in [1.29, 1.82) is 0 Å². The molecular weight excluding hydrogens is 184 g/mol. The van der Waals surface area contributed by atoms with Crippen LogP contribution in [0.15, 0.2) is 24.4 Å². The van der Waals surface area contributed by atoms with Crippen LogP contribution in [0.4, 0.5) is 0 Å². The van der Waals surface area contributed by atoms with Crippen molar-refractivity contribution >= 4 is 0 Å². The number of aromatic nitrogens is 1. The van der Waals surface area contributed by atoms with Gasteiger partial charge in [-0.1, -0.05) is 13.0 Å². The van der Waals surface area contributed by atoms with E-state index in [1.165, 1.54) is 19.3 Å². The minimum absolute atomic E-state index is 0.376. The van der Waals surface area contributed by atoms with Crippen molar-refractivity contribution in [3.8, 4) is 0 Å². The van der Waals surface area contributed by atoms with E-state index in [2.05, 4.69) is 36.3 Å². The first-order chi connectivity index (χ1) is 7.25. The Labute approximate surface area is 92.1 Å². The normalized spacial score (nSPS) is 27.9. The number of nitrogens with one attached hydrogen (secondary N) is 1. The molecule has 0 aromatic carbocycles. The number of nitrogens with zero attached hydrogens (tertiary/aromatic N) is 1. The maximum Gasteiger partial charge on any atom is 0.0570 e. The molecule has 1 aromatic heterocycles. The molecule has 1 heterocycles. The second-order valence-electron chi connectivity index (χ2n) is 4.76. The summed E-state index contributed by atoms with van der Waals surface area (Å²) in [6.07, 6.45) is 5.87. The van der Waals surface area contributed by atoms with Crippen LogP contribution in [0.3, 0.4) is 0 Å². The quantitative estimate of drug-likeness (QED) is 0.819.